The van der Waals surface area contributed by atoms with Gasteiger partial charge in [-0.1, -0.05) is 11.8 Å². The largest absolute Gasteiger partial charge is 0.361 e. The van der Waals surface area contributed by atoms with Gasteiger partial charge in [0, 0.05) is 6.21 Å². The van der Waals surface area contributed by atoms with Crippen molar-refractivity contribution in [3.63, 3.8) is 0 Å². The molecule has 1 unspecified atom stereocenters. The van der Waals surface area contributed by atoms with E-state index in [4.69, 9.17) is 5.73 Å². The highest BCUT2D eigenvalue weighted by Gasteiger charge is 2.17. The number of nitrogens with one attached hydrogen (secondary N) is 2. The minimum Gasteiger partial charge on any atom is -0.361 e. The second-order valence-electron chi connectivity index (χ2n) is 2.07. The van der Waals surface area contributed by atoms with Crippen LogP contribution in [-0.4, -0.2) is 18.4 Å². The number of nitrogens with two attached hydrogens (primary N) is 1. The Balaban J connectivity index is 2.22. The Morgan fingerprint density at radius 3 is 3.60 bits per heavy atom. The highest BCUT2D eigenvalue weighted by molar-refractivity contribution is 8.04. The summed E-state index contributed by atoms with van der Waals surface area (Å²) in [5.41, 5.74) is 5.50. The monoisotopic (exact) mass is 156 g/mol. The molecular weight excluding hydrogens is 148 g/mol. The van der Waals surface area contributed by atoms with Gasteiger partial charge in [0.15, 0.2) is 6.29 Å². The number of hydrogen-bond donors (Lipinski definition) is 3. The molecule has 5 heteroatoms. The molecule has 10 heavy (non-hydrogen) atoms. The first-order valence-electron chi connectivity index (χ1n) is 3.02. The van der Waals surface area contributed by atoms with Crippen LogP contribution in [0.5, 0.6) is 0 Å². The lowest BCUT2D eigenvalue weighted by atomic mass is 10.5. The molecule has 0 aromatic carbocycles. The molecule has 0 radical (unpaired) electrons. The van der Waals surface area contributed by atoms with Gasteiger partial charge >= 0.3 is 0 Å². The van der Waals surface area contributed by atoms with Crippen molar-refractivity contribution >= 4 is 18.0 Å². The van der Waals surface area contributed by atoms with Crippen LogP contribution in [0, 0.1) is 0 Å². The lowest BCUT2D eigenvalue weighted by Crippen LogP contribution is -2.40. The first-order chi connectivity index (χ1) is 4.86. The van der Waals surface area contributed by atoms with Gasteiger partial charge in [-0.25, -0.2) is 0 Å². The fourth-order valence-corrected chi connectivity index (χ4v) is 1.69. The molecule has 4 N–H and O–H groups in total. The number of rotatable bonds is 0. The van der Waals surface area contributed by atoms with Crippen LogP contribution in [0.25, 0.3) is 0 Å². The third-order valence-corrected chi connectivity index (χ3v) is 2.28. The Kier molecular flexibility index (Phi) is 1.32. The molecular formula is C5H8N4S. The summed E-state index contributed by atoms with van der Waals surface area (Å²) in [6, 6.07) is 0. The van der Waals surface area contributed by atoms with Gasteiger partial charge in [-0.05, 0) is 0 Å². The lowest BCUT2D eigenvalue weighted by molar-refractivity contribution is 0.583. The minimum absolute atomic E-state index is 0.273. The van der Waals surface area contributed by atoms with Crippen molar-refractivity contribution in [3.05, 3.63) is 10.7 Å². The molecule has 0 amide bonds. The van der Waals surface area contributed by atoms with Gasteiger partial charge < -0.3 is 10.6 Å². The summed E-state index contributed by atoms with van der Waals surface area (Å²) < 4.78 is 0. The fourth-order valence-electron chi connectivity index (χ4n) is 0.902. The molecule has 54 valence electrons. The normalized spacial score (nSPS) is 29.5. The predicted molar refractivity (Wildman–Crippen MR) is 42.2 cm³/mol. The molecule has 0 aliphatic carbocycles. The Labute approximate surface area is 63.0 Å². The second kappa shape index (κ2) is 2.17. The van der Waals surface area contributed by atoms with Crippen LogP contribution in [0.1, 0.15) is 0 Å². The molecule has 2 aliphatic rings. The van der Waals surface area contributed by atoms with Crippen molar-refractivity contribution in [2.45, 2.75) is 6.29 Å². The number of allylic oxidation sites excluding steroid dienone is 1. The van der Waals surface area contributed by atoms with Crippen LogP contribution in [0.15, 0.2) is 15.7 Å². The van der Waals surface area contributed by atoms with Crippen molar-refractivity contribution < 1.29 is 0 Å². The van der Waals surface area contributed by atoms with E-state index in [2.05, 4.69) is 15.6 Å². The maximum absolute atomic E-state index is 5.50. The van der Waals surface area contributed by atoms with E-state index in [1.54, 1.807) is 18.0 Å². The molecule has 2 heterocycles. The summed E-state index contributed by atoms with van der Waals surface area (Å²) in [7, 11) is 0. The molecule has 1 atom stereocenters. The van der Waals surface area contributed by atoms with E-state index in [-0.39, 0.29) is 6.29 Å². The highest BCUT2D eigenvalue weighted by Crippen LogP contribution is 2.22. The van der Waals surface area contributed by atoms with Gasteiger partial charge in [0.05, 0.1) is 10.8 Å². The fraction of sp³-hybridized carbons (Fsp3) is 0.400. The number of nitrogens with zero attached hydrogens (tertiary/aromatic N) is 1. The highest BCUT2D eigenvalue weighted by atomic mass is 32.2. The molecule has 2 aliphatic heterocycles. The average Bonchev–Trinajstić information content (AvgIpc) is 2.33. The third-order valence-electron chi connectivity index (χ3n) is 1.37. The van der Waals surface area contributed by atoms with E-state index < -0.39 is 0 Å². The standard InChI is InChI=1S/C5H8N4S/c6-5-7-1-3-4(9-5)8-2-10-3/h1,5,8-9H,2,6H2. The van der Waals surface area contributed by atoms with Crippen LogP contribution in [0.3, 0.4) is 0 Å². The summed E-state index contributed by atoms with van der Waals surface area (Å²) in [5, 5.41) is 6.15. The average molecular weight is 156 g/mol. The van der Waals surface area contributed by atoms with Gasteiger partial charge in [-0.3, -0.25) is 10.7 Å². The van der Waals surface area contributed by atoms with Crippen LogP contribution in [0.4, 0.5) is 0 Å². The molecule has 0 spiro atoms. The third kappa shape index (κ3) is 0.871. The Hall–Kier alpha value is -0.680. The zero-order chi connectivity index (χ0) is 6.97. The van der Waals surface area contributed by atoms with E-state index in [1.807, 2.05) is 0 Å². The smallest absolute Gasteiger partial charge is 0.172 e. The summed E-state index contributed by atoms with van der Waals surface area (Å²) in [5.74, 6) is 1.93. The quantitative estimate of drug-likeness (QED) is 0.437. The molecule has 0 bridgehead atoms. The van der Waals surface area contributed by atoms with Gasteiger partial charge in [-0.15, -0.1) is 0 Å². The van der Waals surface area contributed by atoms with E-state index in [0.29, 0.717) is 0 Å². The summed E-state index contributed by atoms with van der Waals surface area (Å²) >= 11 is 1.73. The topological polar surface area (TPSA) is 62.4 Å². The first kappa shape index (κ1) is 6.06. The Morgan fingerprint density at radius 2 is 2.70 bits per heavy atom. The predicted octanol–water partition coefficient (Wildman–Crippen LogP) is -0.634. The number of thioether (sulfide) groups is 1. The van der Waals surface area contributed by atoms with Gasteiger partial charge in [-0.2, -0.15) is 0 Å². The van der Waals surface area contributed by atoms with Crippen LogP contribution in [-0.2, 0) is 0 Å². The molecule has 0 saturated carbocycles. The van der Waals surface area contributed by atoms with Gasteiger partial charge in [0.2, 0.25) is 0 Å². The summed E-state index contributed by atoms with van der Waals surface area (Å²) in [6.07, 6.45) is 1.53. The number of aliphatic imine (C=N–C) groups is 1. The molecule has 0 fully saturated rings. The van der Waals surface area contributed by atoms with Crippen molar-refractivity contribution in [1.29, 1.82) is 0 Å². The lowest BCUT2D eigenvalue weighted by Gasteiger charge is -2.15. The first-order valence-corrected chi connectivity index (χ1v) is 4.01. The van der Waals surface area contributed by atoms with Gasteiger partial charge in [0.1, 0.15) is 5.82 Å². The number of hydrogen-bond acceptors (Lipinski definition) is 5. The maximum Gasteiger partial charge on any atom is 0.172 e. The van der Waals surface area contributed by atoms with Crippen molar-refractivity contribution in [2.75, 3.05) is 5.88 Å². The summed E-state index contributed by atoms with van der Waals surface area (Å²) in [4.78, 5) is 5.15. The summed E-state index contributed by atoms with van der Waals surface area (Å²) in [6.45, 7) is 0. The van der Waals surface area contributed by atoms with E-state index in [9.17, 15) is 0 Å². The van der Waals surface area contributed by atoms with E-state index in [1.165, 1.54) is 0 Å². The van der Waals surface area contributed by atoms with E-state index >= 15 is 0 Å². The van der Waals surface area contributed by atoms with E-state index in [0.717, 1.165) is 16.6 Å². The van der Waals surface area contributed by atoms with Crippen molar-refractivity contribution in [2.24, 2.45) is 10.7 Å². The Bertz CT molecular complexity index is 210. The van der Waals surface area contributed by atoms with Gasteiger partial charge in [0.25, 0.3) is 0 Å². The SMILES string of the molecule is NC1N=CC2=C(NCS2)N1. The van der Waals surface area contributed by atoms with Crippen LogP contribution in [0.2, 0.25) is 0 Å². The Morgan fingerprint density at radius 1 is 1.80 bits per heavy atom. The molecule has 0 aromatic rings. The van der Waals surface area contributed by atoms with Crippen LogP contribution < -0.4 is 16.4 Å². The van der Waals surface area contributed by atoms with Crippen LogP contribution >= 0.6 is 11.8 Å². The molecule has 0 saturated heterocycles. The zero-order valence-electron chi connectivity index (χ0n) is 5.29. The zero-order valence-corrected chi connectivity index (χ0v) is 6.11. The molecule has 2 rings (SSSR count). The minimum atomic E-state index is -0.273. The van der Waals surface area contributed by atoms with Crippen molar-refractivity contribution in [1.82, 2.24) is 10.6 Å². The maximum atomic E-state index is 5.50. The van der Waals surface area contributed by atoms with Crippen molar-refractivity contribution in [3.8, 4) is 0 Å². The second-order valence-corrected chi connectivity index (χ2v) is 3.09. The molecule has 0 aromatic heterocycles. The molecule has 4 nitrogen and oxygen atoms in total.